The predicted octanol–water partition coefficient (Wildman–Crippen LogP) is 9.47. The van der Waals surface area contributed by atoms with Crippen LogP contribution in [0.15, 0.2) is 0 Å². The van der Waals surface area contributed by atoms with Gasteiger partial charge in [0, 0.05) is 25.9 Å². The van der Waals surface area contributed by atoms with Crippen LogP contribution in [-0.4, -0.2) is 28.6 Å². The normalized spacial score (nSPS) is 12.0. The molecule has 0 aromatic carbocycles. The molecule has 31 heavy (non-hydrogen) atoms. The Balaban J connectivity index is 3.71. The number of rotatable bonds is 26. The van der Waals surface area contributed by atoms with E-state index in [1.54, 1.807) is 0 Å². The molecular weight excluding hydrogens is 400 g/mol. The van der Waals surface area contributed by atoms with Crippen molar-refractivity contribution in [3.8, 4) is 0 Å². The SMILES string of the molecule is CCCCCCCCCCCCCCCCCC[Si](OCCC)(OCCC)OCCC. The highest BCUT2D eigenvalue weighted by Crippen LogP contribution is 2.22. The Morgan fingerprint density at radius 3 is 0.935 bits per heavy atom. The van der Waals surface area contributed by atoms with E-state index >= 15 is 0 Å². The molecule has 0 aromatic rings. The summed E-state index contributed by atoms with van der Waals surface area (Å²) in [5, 5.41) is 0. The van der Waals surface area contributed by atoms with Gasteiger partial charge in [-0.2, -0.15) is 0 Å². The van der Waals surface area contributed by atoms with E-state index in [1.807, 2.05) is 0 Å². The second-order valence-corrected chi connectivity index (χ2v) is 12.0. The summed E-state index contributed by atoms with van der Waals surface area (Å²) in [6.45, 7) is 11.1. The lowest BCUT2D eigenvalue weighted by Gasteiger charge is -2.29. The quantitative estimate of drug-likeness (QED) is 0.0953. The van der Waals surface area contributed by atoms with Gasteiger partial charge in [0.1, 0.15) is 0 Å². The molecule has 0 N–H and O–H groups in total. The third kappa shape index (κ3) is 20.4. The Morgan fingerprint density at radius 1 is 0.355 bits per heavy atom. The first-order valence-corrected chi connectivity index (χ1v) is 16.1. The fourth-order valence-corrected chi connectivity index (χ4v) is 6.92. The van der Waals surface area contributed by atoms with E-state index in [2.05, 4.69) is 27.7 Å². The van der Waals surface area contributed by atoms with Crippen LogP contribution in [0, 0.1) is 0 Å². The molecule has 3 nitrogen and oxygen atoms in total. The van der Waals surface area contributed by atoms with Crippen LogP contribution >= 0.6 is 0 Å². The second kappa shape index (κ2) is 24.7. The largest absolute Gasteiger partial charge is 0.500 e. The van der Waals surface area contributed by atoms with Crippen LogP contribution in [0.2, 0.25) is 6.04 Å². The molecule has 0 aliphatic carbocycles. The van der Waals surface area contributed by atoms with Crippen molar-refractivity contribution in [2.24, 2.45) is 0 Å². The number of hydrogen-bond donors (Lipinski definition) is 0. The lowest BCUT2D eigenvalue weighted by atomic mass is 10.0. The van der Waals surface area contributed by atoms with Gasteiger partial charge in [-0.1, -0.05) is 124 Å². The molecule has 0 radical (unpaired) electrons. The van der Waals surface area contributed by atoms with Gasteiger partial charge < -0.3 is 13.3 Å². The Labute approximate surface area is 197 Å². The van der Waals surface area contributed by atoms with Crippen LogP contribution < -0.4 is 0 Å². The maximum atomic E-state index is 6.20. The highest BCUT2D eigenvalue weighted by Gasteiger charge is 2.40. The first-order chi connectivity index (χ1) is 15.2. The van der Waals surface area contributed by atoms with Crippen molar-refractivity contribution in [1.82, 2.24) is 0 Å². The molecular formula is C27H58O3Si. The Bertz CT molecular complexity index is 317. The minimum Gasteiger partial charge on any atom is -0.373 e. The molecule has 0 aliphatic heterocycles. The molecule has 0 aliphatic rings. The van der Waals surface area contributed by atoms with E-state index in [0.717, 1.165) is 45.1 Å². The lowest BCUT2D eigenvalue weighted by molar-refractivity contribution is 0.0586. The summed E-state index contributed by atoms with van der Waals surface area (Å²) in [5.74, 6) is 0. The van der Waals surface area contributed by atoms with Crippen molar-refractivity contribution in [3.05, 3.63) is 0 Å². The highest BCUT2D eigenvalue weighted by atomic mass is 28.4. The van der Waals surface area contributed by atoms with Gasteiger partial charge in [0.25, 0.3) is 0 Å². The maximum absolute atomic E-state index is 6.20. The smallest absolute Gasteiger partial charge is 0.373 e. The zero-order chi connectivity index (χ0) is 22.9. The van der Waals surface area contributed by atoms with Crippen molar-refractivity contribution < 1.29 is 13.3 Å². The summed E-state index contributed by atoms with van der Waals surface area (Å²) in [4.78, 5) is 0. The summed E-state index contributed by atoms with van der Waals surface area (Å²) in [6.07, 6.45) is 25.5. The van der Waals surface area contributed by atoms with Crippen molar-refractivity contribution in [2.45, 2.75) is 156 Å². The number of hydrogen-bond acceptors (Lipinski definition) is 3. The van der Waals surface area contributed by atoms with Crippen LogP contribution in [0.3, 0.4) is 0 Å². The molecule has 4 heteroatoms. The second-order valence-electron chi connectivity index (χ2n) is 9.28. The van der Waals surface area contributed by atoms with Gasteiger partial charge in [-0.3, -0.25) is 0 Å². The van der Waals surface area contributed by atoms with E-state index in [9.17, 15) is 0 Å². The Hall–Kier alpha value is 0.0969. The fourth-order valence-electron chi connectivity index (χ4n) is 4.00. The van der Waals surface area contributed by atoms with Crippen LogP contribution in [0.5, 0.6) is 0 Å². The summed E-state index contributed by atoms with van der Waals surface area (Å²) in [7, 11) is -2.47. The highest BCUT2D eigenvalue weighted by molar-refractivity contribution is 6.60. The standard InChI is InChI=1S/C27H58O3Si/c1-5-9-10-11-12-13-14-15-16-17-18-19-20-21-22-23-27-31(28-24-6-2,29-25-7-3)30-26-8-4/h5-27H2,1-4H3. The molecule has 0 fully saturated rings. The summed E-state index contributed by atoms with van der Waals surface area (Å²) >= 11 is 0. The van der Waals surface area contributed by atoms with Crippen LogP contribution in [0.25, 0.3) is 0 Å². The zero-order valence-electron chi connectivity index (χ0n) is 22.0. The average molecular weight is 459 g/mol. The van der Waals surface area contributed by atoms with Gasteiger partial charge in [-0.15, -0.1) is 0 Å². The maximum Gasteiger partial charge on any atom is 0.500 e. The zero-order valence-corrected chi connectivity index (χ0v) is 23.0. The van der Waals surface area contributed by atoms with E-state index < -0.39 is 8.80 Å². The summed E-state index contributed by atoms with van der Waals surface area (Å²) < 4.78 is 18.6. The summed E-state index contributed by atoms with van der Waals surface area (Å²) in [5.41, 5.74) is 0. The molecule has 0 heterocycles. The van der Waals surface area contributed by atoms with Gasteiger partial charge in [-0.05, 0) is 25.7 Å². The third-order valence-corrected chi connectivity index (χ3v) is 8.81. The minimum atomic E-state index is -2.47. The first-order valence-electron chi connectivity index (χ1n) is 14.2. The van der Waals surface area contributed by atoms with Crippen LogP contribution in [-0.2, 0) is 13.3 Å². The molecule has 188 valence electrons. The fraction of sp³-hybridized carbons (Fsp3) is 1.00. The van der Waals surface area contributed by atoms with Crippen LogP contribution in [0.4, 0.5) is 0 Å². The third-order valence-electron chi connectivity index (χ3n) is 5.91. The molecule has 0 spiro atoms. The topological polar surface area (TPSA) is 27.7 Å². The lowest BCUT2D eigenvalue weighted by Crippen LogP contribution is -2.46. The van der Waals surface area contributed by atoms with Crippen LogP contribution in [0.1, 0.15) is 150 Å². The average Bonchev–Trinajstić information content (AvgIpc) is 2.79. The molecule has 0 aromatic heterocycles. The molecule has 0 amide bonds. The van der Waals surface area contributed by atoms with E-state index in [-0.39, 0.29) is 0 Å². The first kappa shape index (κ1) is 31.1. The summed E-state index contributed by atoms with van der Waals surface area (Å²) in [6, 6.07) is 0.992. The molecule has 0 saturated heterocycles. The van der Waals surface area contributed by atoms with Gasteiger partial charge in [-0.25, -0.2) is 0 Å². The van der Waals surface area contributed by atoms with Gasteiger partial charge in [0.15, 0.2) is 0 Å². The Kier molecular flexibility index (Phi) is 24.8. The molecule has 0 saturated carbocycles. The minimum absolute atomic E-state index is 0.762. The monoisotopic (exact) mass is 458 g/mol. The van der Waals surface area contributed by atoms with E-state index in [4.69, 9.17) is 13.3 Å². The van der Waals surface area contributed by atoms with Crippen molar-refractivity contribution in [2.75, 3.05) is 19.8 Å². The molecule has 0 atom stereocenters. The van der Waals surface area contributed by atoms with Gasteiger partial charge in [0.2, 0.25) is 0 Å². The van der Waals surface area contributed by atoms with E-state index in [0.29, 0.717) is 0 Å². The van der Waals surface area contributed by atoms with Crippen molar-refractivity contribution in [3.63, 3.8) is 0 Å². The van der Waals surface area contributed by atoms with Gasteiger partial charge >= 0.3 is 8.80 Å². The molecule has 0 bridgehead atoms. The van der Waals surface area contributed by atoms with Crippen molar-refractivity contribution in [1.29, 1.82) is 0 Å². The van der Waals surface area contributed by atoms with Crippen molar-refractivity contribution >= 4 is 8.80 Å². The number of unbranched alkanes of at least 4 members (excludes halogenated alkanes) is 15. The van der Waals surface area contributed by atoms with E-state index in [1.165, 1.54) is 103 Å². The van der Waals surface area contributed by atoms with Gasteiger partial charge in [0.05, 0.1) is 0 Å². The molecule has 0 unspecified atom stereocenters. The Morgan fingerprint density at radius 2 is 0.645 bits per heavy atom. The predicted molar refractivity (Wildman–Crippen MR) is 139 cm³/mol. The molecule has 0 rings (SSSR count).